The van der Waals surface area contributed by atoms with E-state index in [0.29, 0.717) is 44.1 Å². The van der Waals surface area contributed by atoms with E-state index in [2.05, 4.69) is 10.2 Å². The smallest absolute Gasteiger partial charge is 0.234 e. The number of rotatable bonds is 5. The second-order valence-corrected chi connectivity index (χ2v) is 7.12. The maximum Gasteiger partial charge on any atom is 0.234 e. The molecule has 0 radical (unpaired) electrons. The summed E-state index contributed by atoms with van der Waals surface area (Å²) in [4.78, 5) is 14.1. The molecule has 2 heterocycles. The Morgan fingerprint density at radius 3 is 2.75 bits per heavy atom. The lowest BCUT2D eigenvalue weighted by Crippen LogP contribution is -2.46. The molecule has 2 fully saturated rings. The summed E-state index contributed by atoms with van der Waals surface area (Å²) in [6.07, 6.45) is 3.71. The molecule has 0 aromatic heterocycles. The highest BCUT2D eigenvalue weighted by atomic mass is 16.7. The Hall–Kier alpha value is -1.79. The molecule has 0 spiro atoms. The lowest BCUT2D eigenvalue weighted by Gasteiger charge is -2.38. The first kappa shape index (κ1) is 15.7. The molecule has 130 valence electrons. The fourth-order valence-corrected chi connectivity index (χ4v) is 3.39. The van der Waals surface area contributed by atoms with E-state index in [1.54, 1.807) is 0 Å². The summed E-state index contributed by atoms with van der Waals surface area (Å²) in [6.45, 7) is 2.89. The highest BCUT2D eigenvalue weighted by molar-refractivity contribution is 5.78. The summed E-state index contributed by atoms with van der Waals surface area (Å²) < 4.78 is 10.7. The van der Waals surface area contributed by atoms with Gasteiger partial charge in [0.15, 0.2) is 11.5 Å². The molecular weight excluding hydrogens is 308 g/mol. The summed E-state index contributed by atoms with van der Waals surface area (Å²) in [7, 11) is 0. The van der Waals surface area contributed by atoms with Crippen molar-refractivity contribution in [2.45, 2.75) is 31.3 Å². The van der Waals surface area contributed by atoms with Crippen molar-refractivity contribution in [1.29, 1.82) is 0 Å². The molecule has 1 amide bonds. The van der Waals surface area contributed by atoms with Gasteiger partial charge in [0.2, 0.25) is 12.7 Å². The third-order valence-corrected chi connectivity index (χ3v) is 5.25. The van der Waals surface area contributed by atoms with Crippen molar-refractivity contribution in [3.8, 4) is 11.5 Å². The van der Waals surface area contributed by atoms with E-state index < -0.39 is 5.60 Å². The average Bonchev–Trinajstić information content (AvgIpc) is 3.30. The van der Waals surface area contributed by atoms with Gasteiger partial charge in [-0.05, 0) is 49.3 Å². The summed E-state index contributed by atoms with van der Waals surface area (Å²) in [5, 5.41) is 14.0. The minimum Gasteiger partial charge on any atom is -0.454 e. The van der Waals surface area contributed by atoms with Crippen LogP contribution in [-0.2, 0) is 10.4 Å². The van der Waals surface area contributed by atoms with Gasteiger partial charge in [-0.25, -0.2) is 0 Å². The van der Waals surface area contributed by atoms with Gasteiger partial charge in [0.1, 0.15) is 0 Å². The predicted octanol–water partition coefficient (Wildman–Crippen LogP) is 1.22. The summed E-state index contributed by atoms with van der Waals surface area (Å²) in [5.74, 6) is 2.22. The zero-order valence-corrected chi connectivity index (χ0v) is 13.8. The lowest BCUT2D eigenvalue weighted by molar-refractivity contribution is -0.123. The van der Waals surface area contributed by atoms with Crippen LogP contribution in [-0.4, -0.2) is 48.9 Å². The molecule has 1 aliphatic carbocycles. The van der Waals surface area contributed by atoms with Crippen LogP contribution >= 0.6 is 0 Å². The molecule has 24 heavy (non-hydrogen) atoms. The summed E-state index contributed by atoms with van der Waals surface area (Å²) in [5.41, 5.74) is 0.00620. The van der Waals surface area contributed by atoms with Crippen LogP contribution < -0.4 is 14.8 Å². The molecule has 6 nitrogen and oxygen atoms in total. The van der Waals surface area contributed by atoms with Crippen LogP contribution in [0.4, 0.5) is 0 Å². The molecule has 0 unspecified atom stereocenters. The molecule has 1 saturated heterocycles. The first-order valence-corrected chi connectivity index (χ1v) is 8.74. The maximum absolute atomic E-state index is 12.0. The van der Waals surface area contributed by atoms with E-state index in [-0.39, 0.29) is 12.7 Å². The van der Waals surface area contributed by atoms with Crippen molar-refractivity contribution in [2.75, 3.05) is 33.0 Å². The average molecular weight is 332 g/mol. The predicted molar refractivity (Wildman–Crippen MR) is 87.9 cm³/mol. The Morgan fingerprint density at radius 1 is 1.25 bits per heavy atom. The van der Waals surface area contributed by atoms with E-state index in [0.717, 1.165) is 17.9 Å². The molecule has 1 aromatic carbocycles. The van der Waals surface area contributed by atoms with Crippen molar-refractivity contribution in [1.82, 2.24) is 10.2 Å². The number of amides is 1. The highest BCUT2D eigenvalue weighted by Crippen LogP contribution is 2.39. The second-order valence-electron chi connectivity index (χ2n) is 7.12. The highest BCUT2D eigenvalue weighted by Gasteiger charge is 2.35. The Balaban J connectivity index is 1.32. The number of fused-ring (bicyclic) bond motifs is 1. The molecule has 2 aliphatic heterocycles. The first-order chi connectivity index (χ1) is 11.6. The van der Waals surface area contributed by atoms with Gasteiger partial charge in [-0.2, -0.15) is 0 Å². The Labute approximate surface area is 141 Å². The number of piperidine rings is 1. The second kappa shape index (κ2) is 6.26. The lowest BCUT2D eigenvalue weighted by atomic mass is 9.84. The van der Waals surface area contributed by atoms with Crippen molar-refractivity contribution in [3.63, 3.8) is 0 Å². The van der Waals surface area contributed by atoms with Crippen LogP contribution in [0.1, 0.15) is 31.2 Å². The van der Waals surface area contributed by atoms with E-state index in [1.165, 1.54) is 12.8 Å². The molecule has 0 atom stereocenters. The van der Waals surface area contributed by atoms with Gasteiger partial charge in [0, 0.05) is 19.6 Å². The number of carbonyl (C=O) groups excluding carboxylic acids is 1. The number of ether oxygens (including phenoxy) is 2. The molecule has 6 heteroatoms. The molecular formula is C18H24N2O4. The summed E-state index contributed by atoms with van der Waals surface area (Å²) >= 11 is 0. The van der Waals surface area contributed by atoms with E-state index in [1.807, 2.05) is 18.2 Å². The molecule has 1 aromatic rings. The van der Waals surface area contributed by atoms with E-state index in [9.17, 15) is 9.90 Å². The number of nitrogens with zero attached hydrogens (tertiary/aromatic N) is 1. The number of aliphatic hydroxyl groups is 1. The largest absolute Gasteiger partial charge is 0.454 e. The summed E-state index contributed by atoms with van der Waals surface area (Å²) in [6, 6.07) is 5.64. The normalized spacial score (nSPS) is 22.4. The van der Waals surface area contributed by atoms with Gasteiger partial charge < -0.3 is 19.9 Å². The van der Waals surface area contributed by atoms with Gasteiger partial charge in [0.25, 0.3) is 0 Å². The standard InChI is InChI=1S/C18H24N2O4/c21-17(19-10-13-1-2-13)11-20-7-5-18(22,6-8-20)14-3-4-15-16(9-14)24-12-23-15/h3-4,9,13,22H,1-2,5-8,10-12H2,(H,19,21). The van der Waals surface area contributed by atoms with Crippen molar-refractivity contribution < 1.29 is 19.4 Å². The molecule has 3 aliphatic rings. The molecule has 0 bridgehead atoms. The van der Waals surface area contributed by atoms with E-state index >= 15 is 0 Å². The van der Waals surface area contributed by atoms with Crippen LogP contribution in [0.3, 0.4) is 0 Å². The minimum atomic E-state index is -0.859. The Kier molecular flexibility index (Phi) is 4.10. The SMILES string of the molecule is O=C(CN1CCC(O)(c2ccc3c(c2)OCO3)CC1)NCC1CC1. The van der Waals surface area contributed by atoms with Crippen molar-refractivity contribution in [2.24, 2.45) is 5.92 Å². The minimum absolute atomic E-state index is 0.0930. The fourth-order valence-electron chi connectivity index (χ4n) is 3.39. The maximum atomic E-state index is 12.0. The van der Waals surface area contributed by atoms with Crippen LogP contribution in [0.2, 0.25) is 0 Å². The first-order valence-electron chi connectivity index (χ1n) is 8.74. The Morgan fingerprint density at radius 2 is 2.00 bits per heavy atom. The topological polar surface area (TPSA) is 71.0 Å². The van der Waals surface area contributed by atoms with Crippen LogP contribution in [0.15, 0.2) is 18.2 Å². The molecule has 2 N–H and O–H groups in total. The third-order valence-electron chi connectivity index (χ3n) is 5.25. The number of likely N-dealkylation sites (tertiary alicyclic amines) is 1. The van der Waals surface area contributed by atoms with Crippen LogP contribution in [0, 0.1) is 5.92 Å². The number of benzene rings is 1. The van der Waals surface area contributed by atoms with Crippen LogP contribution in [0.5, 0.6) is 11.5 Å². The molecule has 1 saturated carbocycles. The molecule has 4 rings (SSSR count). The van der Waals surface area contributed by atoms with E-state index in [4.69, 9.17) is 9.47 Å². The van der Waals surface area contributed by atoms with Gasteiger partial charge in [-0.1, -0.05) is 6.07 Å². The van der Waals surface area contributed by atoms with Gasteiger partial charge >= 0.3 is 0 Å². The monoisotopic (exact) mass is 332 g/mol. The van der Waals surface area contributed by atoms with Gasteiger partial charge in [0.05, 0.1) is 12.1 Å². The zero-order valence-electron chi connectivity index (χ0n) is 13.8. The van der Waals surface area contributed by atoms with Gasteiger partial charge in [-0.15, -0.1) is 0 Å². The van der Waals surface area contributed by atoms with Crippen molar-refractivity contribution >= 4 is 5.91 Å². The fraction of sp³-hybridized carbons (Fsp3) is 0.611. The van der Waals surface area contributed by atoms with Gasteiger partial charge in [-0.3, -0.25) is 9.69 Å². The van der Waals surface area contributed by atoms with Crippen molar-refractivity contribution in [3.05, 3.63) is 23.8 Å². The number of nitrogens with one attached hydrogen (secondary N) is 1. The number of hydrogen-bond acceptors (Lipinski definition) is 5. The number of hydrogen-bond donors (Lipinski definition) is 2. The zero-order chi connectivity index (χ0) is 16.6. The third kappa shape index (κ3) is 3.35. The Bertz CT molecular complexity index is 621. The quantitative estimate of drug-likeness (QED) is 0.848. The van der Waals surface area contributed by atoms with Crippen LogP contribution in [0.25, 0.3) is 0 Å². The number of carbonyl (C=O) groups is 1.